The van der Waals surface area contributed by atoms with Gasteiger partial charge < -0.3 is 4.89 Å². The molecule has 76 valence electrons. The molecule has 0 aliphatic rings. The first-order chi connectivity index (χ1) is 6.74. The Labute approximate surface area is 93.8 Å². The molecule has 0 radical (unpaired) electrons. The van der Waals surface area contributed by atoms with Crippen LogP contribution in [0.15, 0.2) is 36.9 Å². The zero-order valence-electron chi connectivity index (χ0n) is 7.32. The van der Waals surface area contributed by atoms with E-state index in [1.807, 2.05) is 18.2 Å². The molecule has 0 saturated carbocycles. The minimum atomic E-state index is -1.55. The number of halogens is 2. The summed E-state index contributed by atoms with van der Waals surface area (Å²) >= 11 is 10.8. The summed E-state index contributed by atoms with van der Waals surface area (Å²) < 4.78 is 4.68. The molecule has 0 fully saturated rings. The zero-order valence-corrected chi connectivity index (χ0v) is 9.73. The molecule has 0 unspecified atom stereocenters. The molecular weight excluding hydrogens is 242 g/mol. The third kappa shape index (κ3) is 3.85. The van der Waals surface area contributed by atoms with Crippen LogP contribution in [-0.2, 0) is 11.1 Å². The lowest BCUT2D eigenvalue weighted by atomic mass is 10.1. The third-order valence-corrected chi connectivity index (χ3v) is 2.05. The van der Waals surface area contributed by atoms with E-state index in [4.69, 9.17) is 27.4 Å². The van der Waals surface area contributed by atoms with Crippen LogP contribution < -0.4 is 4.89 Å². The predicted molar refractivity (Wildman–Crippen MR) is 60.7 cm³/mol. The highest BCUT2D eigenvalue weighted by Gasteiger charge is 2.05. The van der Waals surface area contributed by atoms with Gasteiger partial charge >= 0.3 is 0 Å². The van der Waals surface area contributed by atoms with E-state index >= 15 is 0 Å². The fraction of sp³-hybridized carbons (Fsp3) is 0.111. The zero-order chi connectivity index (χ0) is 10.4. The van der Waals surface area contributed by atoms with Gasteiger partial charge in [0.15, 0.2) is 5.75 Å². The second kappa shape index (κ2) is 6.26. The van der Waals surface area contributed by atoms with Crippen molar-refractivity contribution in [2.75, 3.05) is 0 Å². The summed E-state index contributed by atoms with van der Waals surface area (Å²) in [6, 6.07) is 7.46. The lowest BCUT2D eigenvalue weighted by Crippen LogP contribution is -1.93. The monoisotopic (exact) mass is 250 g/mol. The molecule has 0 bridgehead atoms. The van der Waals surface area contributed by atoms with Crippen molar-refractivity contribution in [1.29, 1.82) is 0 Å². The summed E-state index contributed by atoms with van der Waals surface area (Å²) in [5, 5.41) is 0. The van der Waals surface area contributed by atoms with Crippen molar-refractivity contribution in [2.24, 2.45) is 0 Å². The first-order valence-corrected chi connectivity index (χ1v) is 6.96. The highest BCUT2D eigenvalue weighted by Crippen LogP contribution is 2.48. The van der Waals surface area contributed by atoms with Crippen LogP contribution in [0, 0.1) is 0 Å². The molecule has 5 heteroatoms. The Morgan fingerprint density at radius 2 is 2.07 bits per heavy atom. The molecular formula is C9H9Cl2O2P. The first kappa shape index (κ1) is 11.8. The van der Waals surface area contributed by atoms with Crippen molar-refractivity contribution in [3.8, 4) is 5.75 Å². The molecule has 14 heavy (non-hydrogen) atoms. The van der Waals surface area contributed by atoms with Crippen molar-refractivity contribution in [2.45, 2.75) is 6.42 Å². The molecule has 1 aromatic rings. The highest BCUT2D eigenvalue weighted by atomic mass is 35.9. The molecule has 0 spiro atoms. The summed E-state index contributed by atoms with van der Waals surface area (Å²) in [7, 11) is 0. The maximum Gasteiger partial charge on any atom is 0.276 e. The Hall–Kier alpha value is -0.270. The second-order valence-corrected chi connectivity index (χ2v) is 5.37. The summed E-state index contributed by atoms with van der Waals surface area (Å²) in [5.41, 5.74) is 0.979. The molecule has 1 aromatic carbocycles. The van der Waals surface area contributed by atoms with Gasteiger partial charge in [0.2, 0.25) is 0 Å². The third-order valence-electron chi connectivity index (χ3n) is 1.52. The Balaban J connectivity index is 2.68. The number of para-hydroxylation sites is 1. The lowest BCUT2D eigenvalue weighted by Gasteiger charge is -2.07. The molecule has 0 aliphatic heterocycles. The molecule has 0 aliphatic carbocycles. The van der Waals surface area contributed by atoms with Gasteiger partial charge in [-0.1, -0.05) is 24.3 Å². The van der Waals surface area contributed by atoms with Crippen LogP contribution in [0.1, 0.15) is 5.56 Å². The molecule has 0 saturated heterocycles. The Morgan fingerprint density at radius 1 is 1.36 bits per heavy atom. The molecule has 2 nitrogen and oxygen atoms in total. The van der Waals surface area contributed by atoms with Gasteiger partial charge in [0, 0.05) is 5.56 Å². The lowest BCUT2D eigenvalue weighted by molar-refractivity contribution is -0.0840. The SMILES string of the molecule is C=CCc1ccccc1OOP(Cl)Cl. The van der Waals surface area contributed by atoms with Crippen LogP contribution in [0.25, 0.3) is 0 Å². The topological polar surface area (TPSA) is 18.5 Å². The smallest absolute Gasteiger partial charge is 0.276 e. The van der Waals surface area contributed by atoms with E-state index in [2.05, 4.69) is 11.3 Å². The number of allylic oxidation sites excluding steroid dienone is 1. The average Bonchev–Trinajstić information content (AvgIpc) is 2.17. The van der Waals surface area contributed by atoms with Gasteiger partial charge in [-0.25, -0.2) is 0 Å². The molecule has 0 N–H and O–H groups in total. The van der Waals surface area contributed by atoms with E-state index in [0.29, 0.717) is 12.2 Å². The maximum absolute atomic E-state index is 5.42. The highest BCUT2D eigenvalue weighted by molar-refractivity contribution is 8.00. The van der Waals surface area contributed by atoms with E-state index < -0.39 is 6.85 Å². The Bertz CT molecular complexity index is 305. The molecule has 0 heterocycles. The minimum absolute atomic E-state index is 0.612. The van der Waals surface area contributed by atoms with Gasteiger partial charge in [-0.05, 0) is 35.0 Å². The van der Waals surface area contributed by atoms with Crippen molar-refractivity contribution in [3.63, 3.8) is 0 Å². The van der Waals surface area contributed by atoms with E-state index in [-0.39, 0.29) is 0 Å². The first-order valence-electron chi connectivity index (χ1n) is 3.89. The van der Waals surface area contributed by atoms with Crippen molar-refractivity contribution >= 4 is 29.3 Å². The fourth-order valence-corrected chi connectivity index (χ4v) is 1.28. The summed E-state index contributed by atoms with van der Waals surface area (Å²) in [6.07, 6.45) is 2.49. The van der Waals surface area contributed by atoms with Crippen LogP contribution in [0.3, 0.4) is 0 Å². The predicted octanol–water partition coefficient (Wildman–Crippen LogP) is 4.43. The number of hydrogen-bond donors (Lipinski definition) is 0. The minimum Gasteiger partial charge on any atom is -0.332 e. The molecule has 1 rings (SSSR count). The number of benzene rings is 1. The van der Waals surface area contributed by atoms with Gasteiger partial charge in [0.1, 0.15) is 0 Å². The summed E-state index contributed by atoms with van der Waals surface area (Å²) in [6.45, 7) is 2.10. The Morgan fingerprint density at radius 3 is 2.71 bits per heavy atom. The van der Waals surface area contributed by atoms with Gasteiger partial charge in [-0.15, -0.1) is 11.3 Å². The van der Waals surface area contributed by atoms with E-state index in [0.717, 1.165) is 5.56 Å². The molecule has 0 atom stereocenters. The van der Waals surface area contributed by atoms with Crippen LogP contribution in [-0.4, -0.2) is 0 Å². The van der Waals surface area contributed by atoms with Crippen LogP contribution in [0.5, 0.6) is 5.75 Å². The summed E-state index contributed by atoms with van der Waals surface area (Å²) in [4.78, 5) is 4.97. The van der Waals surface area contributed by atoms with Crippen molar-refractivity contribution in [3.05, 3.63) is 42.5 Å². The van der Waals surface area contributed by atoms with Gasteiger partial charge in [-0.3, -0.25) is 0 Å². The molecule has 0 amide bonds. The Kier molecular flexibility index (Phi) is 5.28. The number of hydrogen-bond acceptors (Lipinski definition) is 2. The van der Waals surface area contributed by atoms with Crippen LogP contribution in [0.2, 0.25) is 0 Å². The van der Waals surface area contributed by atoms with Gasteiger partial charge in [0.05, 0.1) is 0 Å². The van der Waals surface area contributed by atoms with Crippen LogP contribution in [0.4, 0.5) is 0 Å². The van der Waals surface area contributed by atoms with Crippen molar-refractivity contribution in [1.82, 2.24) is 0 Å². The van der Waals surface area contributed by atoms with E-state index in [1.165, 1.54) is 0 Å². The van der Waals surface area contributed by atoms with Crippen molar-refractivity contribution < 1.29 is 9.56 Å². The largest absolute Gasteiger partial charge is 0.332 e. The van der Waals surface area contributed by atoms with Crippen LogP contribution >= 0.6 is 29.3 Å². The molecule has 0 aromatic heterocycles. The normalized spacial score (nSPS) is 10.2. The summed E-state index contributed by atoms with van der Waals surface area (Å²) in [5.74, 6) is 0.612. The average molecular weight is 251 g/mol. The second-order valence-electron chi connectivity index (χ2n) is 2.46. The quantitative estimate of drug-likeness (QED) is 0.333. The van der Waals surface area contributed by atoms with Gasteiger partial charge in [-0.2, -0.15) is 0 Å². The standard InChI is InChI=1S/C9H9Cl2O2P/c1-2-5-8-6-3-4-7-9(8)12-13-14(10)11/h2-4,6-7H,1,5H2. The van der Waals surface area contributed by atoms with E-state index in [9.17, 15) is 0 Å². The fourth-order valence-electron chi connectivity index (χ4n) is 0.978. The maximum atomic E-state index is 5.42. The number of rotatable bonds is 5. The van der Waals surface area contributed by atoms with Gasteiger partial charge in [0.25, 0.3) is 6.85 Å². The van der Waals surface area contributed by atoms with E-state index in [1.54, 1.807) is 12.1 Å².